The van der Waals surface area contributed by atoms with Crippen molar-refractivity contribution in [2.45, 2.75) is 187 Å². The lowest BCUT2D eigenvalue weighted by Crippen LogP contribution is -2.45. The summed E-state index contributed by atoms with van der Waals surface area (Å²) in [4.78, 5) is 23.1. The van der Waals surface area contributed by atoms with Gasteiger partial charge in [0.05, 0.1) is 39.9 Å². The van der Waals surface area contributed by atoms with Gasteiger partial charge in [-0.25, -0.2) is 4.57 Å². The molecule has 57 heavy (non-hydrogen) atoms. The Hall–Kier alpha value is -2.06. The molecule has 0 aromatic heterocycles. The van der Waals surface area contributed by atoms with E-state index in [0.717, 1.165) is 70.6 Å². The van der Waals surface area contributed by atoms with E-state index in [-0.39, 0.29) is 19.1 Å². The van der Waals surface area contributed by atoms with Gasteiger partial charge >= 0.3 is 7.82 Å². The highest BCUT2D eigenvalue weighted by atomic mass is 31.2. The van der Waals surface area contributed by atoms with Crippen molar-refractivity contribution in [1.29, 1.82) is 0 Å². The van der Waals surface area contributed by atoms with Crippen molar-refractivity contribution >= 4 is 13.7 Å². The summed E-state index contributed by atoms with van der Waals surface area (Å²) < 4.78 is 23.5. The highest BCUT2D eigenvalue weighted by molar-refractivity contribution is 7.47. The maximum Gasteiger partial charge on any atom is 0.472 e. The van der Waals surface area contributed by atoms with E-state index in [0.29, 0.717) is 17.4 Å². The molecule has 0 aliphatic carbocycles. The molecule has 0 fully saturated rings. The second kappa shape index (κ2) is 39.4. The first-order valence-corrected chi connectivity index (χ1v) is 24.3. The topological polar surface area (TPSA) is 105 Å². The fourth-order valence-corrected chi connectivity index (χ4v) is 6.68. The predicted molar refractivity (Wildman–Crippen MR) is 244 cm³/mol. The quantitative estimate of drug-likeness (QED) is 0.0246. The van der Waals surface area contributed by atoms with Gasteiger partial charge in [0, 0.05) is 6.42 Å². The molecule has 0 aliphatic rings. The van der Waals surface area contributed by atoms with Crippen LogP contribution in [0.25, 0.3) is 0 Å². The van der Waals surface area contributed by atoms with E-state index in [9.17, 15) is 19.4 Å². The zero-order valence-electron chi connectivity index (χ0n) is 37.3. The summed E-state index contributed by atoms with van der Waals surface area (Å²) in [5.74, 6) is -0.203. The minimum atomic E-state index is -4.35. The molecule has 9 heteroatoms. The third kappa shape index (κ3) is 41.9. The summed E-state index contributed by atoms with van der Waals surface area (Å²) >= 11 is 0. The van der Waals surface area contributed by atoms with Crippen molar-refractivity contribution in [3.8, 4) is 0 Å². The van der Waals surface area contributed by atoms with Crippen LogP contribution in [0.3, 0.4) is 0 Å². The molecular weight excluding hydrogens is 732 g/mol. The maximum absolute atomic E-state index is 12.9. The molecule has 0 bridgehead atoms. The zero-order valence-corrected chi connectivity index (χ0v) is 38.2. The number of carbonyl (C=O) groups is 1. The molecule has 8 nitrogen and oxygen atoms in total. The van der Waals surface area contributed by atoms with Crippen LogP contribution >= 0.6 is 7.82 Å². The van der Waals surface area contributed by atoms with Crippen LogP contribution in [0.5, 0.6) is 0 Å². The van der Waals surface area contributed by atoms with Crippen LogP contribution in [0.15, 0.2) is 72.9 Å². The van der Waals surface area contributed by atoms with Crippen LogP contribution in [0.4, 0.5) is 0 Å². The number of carbonyl (C=O) groups excluding carboxylic acids is 1. The summed E-state index contributed by atoms with van der Waals surface area (Å²) in [6, 6.07) is -0.875. The lowest BCUT2D eigenvalue weighted by molar-refractivity contribution is -0.870. The standard InChI is InChI=1S/C48H87N2O6P/c1-6-8-10-12-14-16-18-20-21-22-23-24-25-26-27-28-29-30-32-34-36-38-40-42-48(52)49-46(45-56-57(53,54)55-44-43-50(3,4)5)47(51)41-39-37-35-33-31-19-17-15-13-11-9-7-2/h13,15,18,20,22-23,25-26,31,33,39,41,46-47,51H,6-12,14,16-17,19,21,24,27-30,32,34-38,40,42-45H2,1-5H3,(H-,49,52,53,54)/p+1/b15-13+,20-18-,23-22-,26-25-,33-31+,41-39+. The molecule has 0 aromatic rings. The molecule has 0 saturated carbocycles. The number of allylic oxidation sites excluding steroid dienone is 11. The first-order valence-electron chi connectivity index (χ1n) is 22.8. The van der Waals surface area contributed by atoms with Gasteiger partial charge in [-0.05, 0) is 77.0 Å². The molecule has 3 N–H and O–H groups in total. The first-order chi connectivity index (χ1) is 27.5. The van der Waals surface area contributed by atoms with Crippen LogP contribution in [0.1, 0.15) is 174 Å². The van der Waals surface area contributed by atoms with Crippen molar-refractivity contribution < 1.29 is 32.9 Å². The average Bonchev–Trinajstić information content (AvgIpc) is 3.16. The summed E-state index contributed by atoms with van der Waals surface area (Å²) in [7, 11) is 1.53. The van der Waals surface area contributed by atoms with Gasteiger partial charge in [0.25, 0.3) is 0 Å². The Balaban J connectivity index is 4.38. The van der Waals surface area contributed by atoms with Crippen LogP contribution < -0.4 is 5.32 Å². The molecule has 0 heterocycles. The molecule has 3 unspecified atom stereocenters. The van der Waals surface area contributed by atoms with Gasteiger partial charge in [-0.2, -0.15) is 0 Å². The Kier molecular flexibility index (Phi) is 38.0. The van der Waals surface area contributed by atoms with Crippen LogP contribution in [-0.2, 0) is 18.4 Å². The smallest absolute Gasteiger partial charge is 0.387 e. The summed E-state index contributed by atoms with van der Waals surface area (Å²) in [5, 5.41) is 13.8. The molecule has 0 aliphatic heterocycles. The largest absolute Gasteiger partial charge is 0.472 e. The number of nitrogens with one attached hydrogen (secondary N) is 1. The minimum absolute atomic E-state index is 0.0484. The molecular formula is C48H88N2O6P+. The fraction of sp³-hybridized carbons (Fsp3) is 0.729. The van der Waals surface area contributed by atoms with E-state index in [1.165, 1.54) is 83.5 Å². The molecule has 0 rings (SSSR count). The first kappa shape index (κ1) is 54.9. The molecule has 0 spiro atoms. The SMILES string of the molecule is CCCC/C=C/CC/C=C/CC/C=C/C(O)C(COP(=O)(O)OCC[N+](C)(C)C)NC(=O)CCCCCCCCCC/C=C\C/C=C\C/C=C\CCCCCCC. The number of rotatable bonds is 40. The number of unbranched alkanes of at least 4 members (excludes halogenated alkanes) is 17. The van der Waals surface area contributed by atoms with Gasteiger partial charge in [0.15, 0.2) is 0 Å². The van der Waals surface area contributed by atoms with Crippen molar-refractivity contribution in [1.82, 2.24) is 5.32 Å². The maximum atomic E-state index is 12.9. The monoisotopic (exact) mass is 820 g/mol. The van der Waals surface area contributed by atoms with E-state index in [1.54, 1.807) is 6.08 Å². The molecule has 0 radical (unpaired) electrons. The number of hydrogen-bond donors (Lipinski definition) is 3. The fourth-order valence-electron chi connectivity index (χ4n) is 5.95. The number of aliphatic hydroxyl groups excluding tert-OH is 1. The van der Waals surface area contributed by atoms with Gasteiger partial charge in [0.2, 0.25) is 5.91 Å². The number of phosphoric acid groups is 1. The number of aliphatic hydroxyl groups is 1. The molecule has 330 valence electrons. The third-order valence-corrected chi connectivity index (χ3v) is 10.6. The summed E-state index contributed by atoms with van der Waals surface area (Å²) in [6.07, 6.45) is 52.6. The van der Waals surface area contributed by atoms with Gasteiger partial charge in [-0.1, -0.05) is 164 Å². The molecule has 3 atom stereocenters. The Morgan fingerprint density at radius 2 is 1.04 bits per heavy atom. The Bertz CT molecular complexity index is 1160. The van der Waals surface area contributed by atoms with Crippen molar-refractivity contribution in [3.63, 3.8) is 0 Å². The number of quaternary nitrogens is 1. The van der Waals surface area contributed by atoms with Crippen LogP contribution in [0, 0.1) is 0 Å². The molecule has 1 amide bonds. The van der Waals surface area contributed by atoms with Crippen LogP contribution in [-0.4, -0.2) is 73.4 Å². The van der Waals surface area contributed by atoms with E-state index in [1.807, 2.05) is 27.2 Å². The van der Waals surface area contributed by atoms with E-state index < -0.39 is 20.0 Å². The van der Waals surface area contributed by atoms with Crippen molar-refractivity contribution in [2.75, 3.05) is 40.9 Å². The van der Waals surface area contributed by atoms with Crippen LogP contribution in [0.2, 0.25) is 0 Å². The third-order valence-electron chi connectivity index (χ3n) is 9.63. The number of phosphoric ester groups is 1. The molecule has 0 saturated heterocycles. The highest BCUT2D eigenvalue weighted by Crippen LogP contribution is 2.43. The Labute approximate surface area is 351 Å². The average molecular weight is 820 g/mol. The lowest BCUT2D eigenvalue weighted by Gasteiger charge is -2.25. The van der Waals surface area contributed by atoms with Crippen molar-refractivity contribution in [3.05, 3.63) is 72.9 Å². The van der Waals surface area contributed by atoms with Gasteiger partial charge < -0.3 is 19.8 Å². The van der Waals surface area contributed by atoms with Gasteiger partial charge in [-0.3, -0.25) is 13.8 Å². The van der Waals surface area contributed by atoms with Crippen molar-refractivity contribution in [2.24, 2.45) is 0 Å². The zero-order chi connectivity index (χ0) is 42.1. The van der Waals surface area contributed by atoms with E-state index in [2.05, 4.69) is 79.9 Å². The number of hydrogen-bond acceptors (Lipinski definition) is 5. The van der Waals surface area contributed by atoms with Gasteiger partial charge in [-0.15, -0.1) is 0 Å². The molecule has 0 aromatic carbocycles. The normalized spacial score (nSPS) is 15.0. The summed E-state index contributed by atoms with van der Waals surface area (Å²) in [5.41, 5.74) is 0. The second-order valence-electron chi connectivity index (χ2n) is 16.4. The van der Waals surface area contributed by atoms with E-state index in [4.69, 9.17) is 9.05 Å². The Morgan fingerprint density at radius 3 is 1.58 bits per heavy atom. The summed E-state index contributed by atoms with van der Waals surface area (Å²) in [6.45, 7) is 4.69. The Morgan fingerprint density at radius 1 is 0.596 bits per heavy atom. The number of amides is 1. The van der Waals surface area contributed by atoms with E-state index >= 15 is 0 Å². The minimum Gasteiger partial charge on any atom is -0.387 e. The highest BCUT2D eigenvalue weighted by Gasteiger charge is 2.27. The number of nitrogens with zero attached hydrogens (tertiary/aromatic N) is 1. The predicted octanol–water partition coefficient (Wildman–Crippen LogP) is 12.8. The second-order valence-corrected chi connectivity index (χ2v) is 17.9. The number of likely N-dealkylation sites (N-methyl/N-ethyl adjacent to an activating group) is 1. The lowest BCUT2D eigenvalue weighted by atomic mass is 10.1. The van der Waals surface area contributed by atoms with Gasteiger partial charge in [0.1, 0.15) is 13.2 Å².